The normalized spacial score (nSPS) is 9.93. The Morgan fingerprint density at radius 1 is 1.57 bits per heavy atom. The molecule has 0 aliphatic carbocycles. The van der Waals surface area contributed by atoms with Gasteiger partial charge in [-0.2, -0.15) is 8.78 Å². The summed E-state index contributed by atoms with van der Waals surface area (Å²) in [5, 5.41) is 0.637. The van der Waals surface area contributed by atoms with E-state index >= 15 is 0 Å². The molecule has 0 amide bonds. The van der Waals surface area contributed by atoms with E-state index < -0.39 is 6.08 Å². The van der Waals surface area contributed by atoms with Crippen molar-refractivity contribution in [2.24, 2.45) is 0 Å². The molecule has 0 N–H and O–H groups in total. The van der Waals surface area contributed by atoms with Gasteiger partial charge >= 0.3 is 0 Å². The second-order valence-corrected chi connectivity index (χ2v) is 3.67. The van der Waals surface area contributed by atoms with Crippen LogP contribution in [0.5, 0.6) is 0 Å². The summed E-state index contributed by atoms with van der Waals surface area (Å²) >= 11 is 1.38. The van der Waals surface area contributed by atoms with Crippen molar-refractivity contribution in [3.05, 3.63) is 30.1 Å². The smallest absolute Gasteiger partial charge is 0.231 e. The maximum atomic E-state index is 11.6. The van der Waals surface area contributed by atoms with Crippen LogP contribution in [0.2, 0.25) is 0 Å². The molecule has 0 spiro atoms. The van der Waals surface area contributed by atoms with Crippen LogP contribution in [-0.2, 0) is 0 Å². The number of aromatic nitrogens is 2. The Kier molecular flexibility index (Phi) is 4.52. The highest BCUT2D eigenvalue weighted by molar-refractivity contribution is 7.99. The summed E-state index contributed by atoms with van der Waals surface area (Å²) in [4.78, 5) is 8.13. The van der Waals surface area contributed by atoms with Crippen LogP contribution in [0.25, 0.3) is 0 Å². The number of thioether (sulfide) groups is 1. The minimum absolute atomic E-state index is 0.338. The van der Waals surface area contributed by atoms with E-state index in [0.29, 0.717) is 17.3 Å². The van der Waals surface area contributed by atoms with Crippen molar-refractivity contribution >= 4 is 11.8 Å². The summed E-state index contributed by atoms with van der Waals surface area (Å²) in [6, 6.07) is 1.80. The Labute approximate surface area is 85.5 Å². The maximum Gasteiger partial charge on any atom is 0.266 e. The average Bonchev–Trinajstić information content (AvgIpc) is 2.12. The largest absolute Gasteiger partial charge is 0.266 e. The van der Waals surface area contributed by atoms with Crippen LogP contribution >= 0.6 is 11.8 Å². The van der Waals surface area contributed by atoms with Crippen LogP contribution in [0, 0.1) is 6.92 Å². The summed E-state index contributed by atoms with van der Waals surface area (Å²) in [5.41, 5.74) is 0.884. The molecule has 0 aliphatic rings. The Balaban J connectivity index is 2.35. The molecule has 0 saturated carbocycles. The molecule has 0 radical (unpaired) electrons. The van der Waals surface area contributed by atoms with Gasteiger partial charge in [0.25, 0.3) is 6.08 Å². The summed E-state index contributed by atoms with van der Waals surface area (Å²) in [6.07, 6.45) is 1.28. The van der Waals surface area contributed by atoms with E-state index in [0.717, 1.165) is 11.8 Å². The monoisotopic (exact) mass is 216 g/mol. The standard InChI is InChI=1S/C9H10F2N2S/c1-7-4-5-12-9(13-7)14-6-2-3-8(10)11/h3-5H,2,6H2,1H3. The number of allylic oxidation sites excluding steroid dienone is 1. The second kappa shape index (κ2) is 5.70. The van der Waals surface area contributed by atoms with Gasteiger partial charge in [0.1, 0.15) is 0 Å². The average molecular weight is 216 g/mol. The Hall–Kier alpha value is -0.970. The quantitative estimate of drug-likeness (QED) is 0.439. The van der Waals surface area contributed by atoms with Gasteiger partial charge in [-0.25, -0.2) is 9.97 Å². The molecule has 0 aromatic carbocycles. The Morgan fingerprint density at radius 2 is 2.36 bits per heavy atom. The summed E-state index contributed by atoms with van der Waals surface area (Å²) < 4.78 is 23.3. The first-order valence-electron chi connectivity index (χ1n) is 4.12. The van der Waals surface area contributed by atoms with Gasteiger partial charge in [-0.3, -0.25) is 0 Å². The molecular weight excluding hydrogens is 206 g/mol. The van der Waals surface area contributed by atoms with Crippen molar-refractivity contribution in [3.63, 3.8) is 0 Å². The van der Waals surface area contributed by atoms with Crippen molar-refractivity contribution in [1.82, 2.24) is 9.97 Å². The molecule has 5 heteroatoms. The van der Waals surface area contributed by atoms with Gasteiger partial charge in [0.2, 0.25) is 0 Å². The highest BCUT2D eigenvalue weighted by Gasteiger charge is 1.96. The number of halogens is 2. The molecule has 2 nitrogen and oxygen atoms in total. The van der Waals surface area contributed by atoms with Crippen LogP contribution < -0.4 is 0 Å². The first-order valence-corrected chi connectivity index (χ1v) is 5.10. The minimum atomic E-state index is -1.63. The first kappa shape index (κ1) is 11.1. The highest BCUT2D eigenvalue weighted by Crippen LogP contribution is 2.14. The molecule has 1 rings (SSSR count). The number of rotatable bonds is 4. The fourth-order valence-corrected chi connectivity index (χ4v) is 1.58. The molecular formula is C9H10F2N2S. The second-order valence-electron chi connectivity index (χ2n) is 2.61. The zero-order valence-electron chi connectivity index (χ0n) is 7.70. The van der Waals surface area contributed by atoms with Crippen LogP contribution in [-0.4, -0.2) is 15.7 Å². The third kappa shape index (κ3) is 4.32. The molecule has 0 atom stereocenters. The fraction of sp³-hybridized carbons (Fsp3) is 0.333. The van der Waals surface area contributed by atoms with Gasteiger partial charge in [0, 0.05) is 17.6 Å². The van der Waals surface area contributed by atoms with E-state index in [1.165, 1.54) is 11.8 Å². The molecule has 1 aromatic rings. The molecule has 76 valence electrons. The zero-order chi connectivity index (χ0) is 10.4. The van der Waals surface area contributed by atoms with Crippen LogP contribution in [0.15, 0.2) is 29.6 Å². The van der Waals surface area contributed by atoms with Gasteiger partial charge in [0.05, 0.1) is 0 Å². The van der Waals surface area contributed by atoms with Gasteiger partial charge < -0.3 is 0 Å². The third-order valence-electron chi connectivity index (χ3n) is 1.42. The van der Waals surface area contributed by atoms with E-state index in [1.807, 2.05) is 6.92 Å². The number of hydrogen-bond acceptors (Lipinski definition) is 3. The first-order chi connectivity index (χ1) is 6.68. The topological polar surface area (TPSA) is 25.8 Å². The third-order valence-corrected chi connectivity index (χ3v) is 2.32. The van der Waals surface area contributed by atoms with E-state index in [1.54, 1.807) is 12.3 Å². The SMILES string of the molecule is Cc1ccnc(SCCC=C(F)F)n1. The van der Waals surface area contributed by atoms with Gasteiger partial charge in [0.15, 0.2) is 5.16 Å². The van der Waals surface area contributed by atoms with Crippen LogP contribution in [0.1, 0.15) is 12.1 Å². The van der Waals surface area contributed by atoms with E-state index in [4.69, 9.17) is 0 Å². The fourth-order valence-electron chi connectivity index (χ4n) is 0.814. The lowest BCUT2D eigenvalue weighted by molar-refractivity contribution is 0.418. The number of aryl methyl sites for hydroxylation is 1. The molecule has 0 fully saturated rings. The van der Waals surface area contributed by atoms with Crippen LogP contribution in [0.3, 0.4) is 0 Å². The Morgan fingerprint density at radius 3 is 3.00 bits per heavy atom. The van der Waals surface area contributed by atoms with E-state index in [-0.39, 0.29) is 0 Å². The molecule has 0 aliphatic heterocycles. The molecule has 14 heavy (non-hydrogen) atoms. The summed E-state index contributed by atoms with van der Waals surface area (Å²) in [5.74, 6) is 0.570. The molecule has 0 unspecified atom stereocenters. The lowest BCUT2D eigenvalue weighted by atomic mass is 10.5. The van der Waals surface area contributed by atoms with Crippen molar-refractivity contribution in [3.8, 4) is 0 Å². The number of nitrogens with zero attached hydrogens (tertiary/aromatic N) is 2. The predicted octanol–water partition coefficient (Wildman–Crippen LogP) is 3.05. The molecule has 0 saturated heterocycles. The van der Waals surface area contributed by atoms with Gasteiger partial charge in [-0.1, -0.05) is 11.8 Å². The van der Waals surface area contributed by atoms with Crippen LogP contribution in [0.4, 0.5) is 8.78 Å². The van der Waals surface area contributed by atoms with Gasteiger partial charge in [-0.05, 0) is 25.5 Å². The summed E-state index contributed by atoms with van der Waals surface area (Å²) in [7, 11) is 0. The summed E-state index contributed by atoms with van der Waals surface area (Å²) in [6.45, 7) is 1.87. The highest BCUT2D eigenvalue weighted by atomic mass is 32.2. The number of hydrogen-bond donors (Lipinski definition) is 0. The van der Waals surface area contributed by atoms with Gasteiger partial charge in [-0.15, -0.1) is 0 Å². The predicted molar refractivity (Wildman–Crippen MR) is 52.4 cm³/mol. The molecule has 1 heterocycles. The molecule has 0 bridgehead atoms. The Bertz CT molecular complexity index is 324. The van der Waals surface area contributed by atoms with E-state index in [2.05, 4.69) is 9.97 Å². The molecule has 1 aromatic heterocycles. The lowest BCUT2D eigenvalue weighted by Crippen LogP contribution is -1.89. The lowest BCUT2D eigenvalue weighted by Gasteiger charge is -1.97. The zero-order valence-corrected chi connectivity index (χ0v) is 8.52. The maximum absolute atomic E-state index is 11.6. The van der Waals surface area contributed by atoms with Crippen molar-refractivity contribution < 1.29 is 8.78 Å². The van der Waals surface area contributed by atoms with Crippen molar-refractivity contribution in [2.45, 2.75) is 18.5 Å². The van der Waals surface area contributed by atoms with Crippen molar-refractivity contribution in [2.75, 3.05) is 5.75 Å². The minimum Gasteiger partial charge on any atom is -0.231 e. The van der Waals surface area contributed by atoms with E-state index in [9.17, 15) is 8.78 Å². The van der Waals surface area contributed by atoms with Crippen molar-refractivity contribution in [1.29, 1.82) is 0 Å².